The molecule has 0 spiro atoms. The molecule has 0 radical (unpaired) electrons. The largest absolute Gasteiger partial charge is 0.497 e. The Kier molecular flexibility index (Phi) is 7.29. The minimum absolute atomic E-state index is 0.0769. The number of imidazole rings is 1. The molecule has 5 rings (SSSR count). The Labute approximate surface area is 223 Å². The maximum atomic E-state index is 14.7. The van der Waals surface area contributed by atoms with E-state index in [9.17, 15) is 13.6 Å². The highest BCUT2D eigenvalue weighted by Gasteiger charge is 2.36. The molecule has 10 nitrogen and oxygen atoms in total. The lowest BCUT2D eigenvalue weighted by Gasteiger charge is -2.39. The number of amides is 1. The number of anilines is 2. The van der Waals surface area contributed by atoms with E-state index in [0.717, 1.165) is 24.1 Å². The van der Waals surface area contributed by atoms with Crippen molar-refractivity contribution in [3.8, 4) is 17.0 Å². The summed E-state index contributed by atoms with van der Waals surface area (Å²) < 4.78 is 40.7. The third kappa shape index (κ3) is 5.19. The SMILES string of the molecule is COC(=O)NC1C(C)CC(c2ccncc2Nc2ncc3ccc(-c4c(F)cc(OC)cc4F)nn23)CC1N. The molecule has 12 heteroatoms. The molecule has 4 aromatic rings. The molecule has 1 amide bonds. The number of nitrogens with zero attached hydrogens (tertiary/aromatic N) is 4. The van der Waals surface area contributed by atoms with Gasteiger partial charge in [-0.25, -0.2) is 18.6 Å². The second-order valence-corrected chi connectivity index (χ2v) is 9.66. The summed E-state index contributed by atoms with van der Waals surface area (Å²) in [6.45, 7) is 2.05. The smallest absolute Gasteiger partial charge is 0.407 e. The number of fused-ring (bicyclic) bond motifs is 1. The fourth-order valence-electron chi connectivity index (χ4n) is 5.29. The molecule has 39 heavy (non-hydrogen) atoms. The quantitative estimate of drug-likeness (QED) is 0.330. The molecule has 0 bridgehead atoms. The van der Waals surface area contributed by atoms with E-state index in [1.165, 1.54) is 24.8 Å². The summed E-state index contributed by atoms with van der Waals surface area (Å²) >= 11 is 0. The standard InChI is InChI=1S/C27H29F2N7O3/c1-14-8-15(9-21(30)25(14)34-27(37)39-3)18-6-7-31-13-23(18)33-26-32-12-16-4-5-22(35-36(16)26)24-19(28)10-17(38-2)11-20(24)29/h4-7,10-15,21,25H,8-9,30H2,1-3H3,(H,32,33)(H,34,37). The molecular weight excluding hydrogens is 508 g/mol. The van der Waals surface area contributed by atoms with Gasteiger partial charge in [-0.1, -0.05) is 6.92 Å². The average molecular weight is 538 g/mol. The van der Waals surface area contributed by atoms with Crippen LogP contribution in [-0.4, -0.2) is 52.0 Å². The second-order valence-electron chi connectivity index (χ2n) is 9.66. The summed E-state index contributed by atoms with van der Waals surface area (Å²) in [5.41, 5.74) is 8.64. The fraction of sp³-hybridized carbons (Fsp3) is 0.333. The lowest BCUT2D eigenvalue weighted by Crippen LogP contribution is -2.54. The van der Waals surface area contributed by atoms with Crippen molar-refractivity contribution >= 4 is 23.2 Å². The molecule has 4 atom stereocenters. The summed E-state index contributed by atoms with van der Waals surface area (Å²) in [5, 5.41) is 10.6. The van der Waals surface area contributed by atoms with Gasteiger partial charge in [-0.05, 0) is 48.4 Å². The molecule has 4 unspecified atom stereocenters. The number of hydrogen-bond acceptors (Lipinski definition) is 8. The van der Waals surface area contributed by atoms with E-state index in [0.29, 0.717) is 23.6 Å². The van der Waals surface area contributed by atoms with E-state index in [1.807, 2.05) is 13.0 Å². The minimum Gasteiger partial charge on any atom is -0.497 e. The van der Waals surface area contributed by atoms with Crippen molar-refractivity contribution in [1.82, 2.24) is 24.9 Å². The molecule has 1 aromatic carbocycles. The van der Waals surface area contributed by atoms with Crippen LogP contribution in [0.15, 0.2) is 48.9 Å². The maximum Gasteiger partial charge on any atom is 0.407 e. The number of carbonyl (C=O) groups is 1. The van der Waals surface area contributed by atoms with Crippen molar-refractivity contribution < 1.29 is 23.0 Å². The van der Waals surface area contributed by atoms with Crippen molar-refractivity contribution in [3.05, 3.63) is 66.1 Å². The van der Waals surface area contributed by atoms with E-state index in [4.69, 9.17) is 15.2 Å². The van der Waals surface area contributed by atoms with Crippen molar-refractivity contribution in [2.75, 3.05) is 19.5 Å². The lowest BCUT2D eigenvalue weighted by atomic mass is 9.73. The van der Waals surface area contributed by atoms with Crippen LogP contribution in [0.1, 0.15) is 31.2 Å². The van der Waals surface area contributed by atoms with Crippen LogP contribution in [0.5, 0.6) is 5.75 Å². The van der Waals surface area contributed by atoms with Gasteiger partial charge in [0.05, 0.1) is 49.1 Å². The number of carbonyl (C=O) groups excluding carboxylic acids is 1. The monoisotopic (exact) mass is 537 g/mol. The van der Waals surface area contributed by atoms with Gasteiger partial charge in [0.15, 0.2) is 0 Å². The number of hydrogen-bond donors (Lipinski definition) is 3. The van der Waals surface area contributed by atoms with Gasteiger partial charge in [-0.3, -0.25) is 4.98 Å². The number of nitrogens with one attached hydrogen (secondary N) is 2. The zero-order valence-electron chi connectivity index (χ0n) is 21.7. The minimum atomic E-state index is -0.786. The van der Waals surface area contributed by atoms with Crippen molar-refractivity contribution in [2.45, 2.75) is 37.8 Å². The van der Waals surface area contributed by atoms with Crippen LogP contribution >= 0.6 is 0 Å². The number of ether oxygens (including phenoxy) is 2. The third-order valence-corrected chi connectivity index (χ3v) is 7.19. The molecule has 204 valence electrons. The summed E-state index contributed by atoms with van der Waals surface area (Å²) in [4.78, 5) is 20.5. The fourth-order valence-corrected chi connectivity index (χ4v) is 5.29. The van der Waals surface area contributed by atoms with Crippen molar-refractivity contribution in [1.29, 1.82) is 0 Å². The average Bonchev–Trinajstić information content (AvgIpc) is 3.32. The van der Waals surface area contributed by atoms with Crippen LogP contribution in [-0.2, 0) is 4.74 Å². The van der Waals surface area contributed by atoms with E-state index in [2.05, 4.69) is 25.7 Å². The molecular formula is C27H29F2N7O3. The van der Waals surface area contributed by atoms with Gasteiger partial charge >= 0.3 is 6.09 Å². The number of alkyl carbamates (subject to hydrolysis) is 1. The van der Waals surface area contributed by atoms with Gasteiger partial charge in [0.1, 0.15) is 17.4 Å². The van der Waals surface area contributed by atoms with Crippen molar-refractivity contribution in [3.63, 3.8) is 0 Å². The Morgan fingerprint density at radius 3 is 2.59 bits per heavy atom. The Hall–Kier alpha value is -4.32. The van der Waals surface area contributed by atoms with Crippen LogP contribution in [0.3, 0.4) is 0 Å². The van der Waals surface area contributed by atoms with E-state index < -0.39 is 17.7 Å². The Bertz CT molecular complexity index is 1480. The number of aromatic nitrogens is 4. The van der Waals surface area contributed by atoms with Crippen LogP contribution in [0.4, 0.5) is 25.2 Å². The molecule has 3 heterocycles. The molecule has 1 saturated carbocycles. The lowest BCUT2D eigenvalue weighted by molar-refractivity contribution is 0.149. The van der Waals surface area contributed by atoms with Crippen molar-refractivity contribution in [2.24, 2.45) is 11.7 Å². The molecule has 1 aliphatic rings. The zero-order valence-corrected chi connectivity index (χ0v) is 21.7. The Morgan fingerprint density at radius 2 is 1.90 bits per heavy atom. The zero-order chi connectivity index (χ0) is 27.7. The van der Waals surface area contributed by atoms with Crippen LogP contribution < -0.4 is 21.1 Å². The van der Waals surface area contributed by atoms with Crippen LogP contribution in [0.2, 0.25) is 0 Å². The number of methoxy groups -OCH3 is 2. The number of halogens is 2. The Morgan fingerprint density at radius 1 is 1.13 bits per heavy atom. The Balaban J connectivity index is 1.44. The first-order chi connectivity index (χ1) is 18.8. The molecule has 1 aliphatic carbocycles. The van der Waals surface area contributed by atoms with Gasteiger partial charge < -0.3 is 25.8 Å². The van der Waals surface area contributed by atoms with Gasteiger partial charge in [0.25, 0.3) is 0 Å². The first-order valence-electron chi connectivity index (χ1n) is 12.5. The molecule has 4 N–H and O–H groups in total. The predicted molar refractivity (Wildman–Crippen MR) is 141 cm³/mol. The molecule has 1 fully saturated rings. The number of pyridine rings is 1. The van der Waals surface area contributed by atoms with E-state index >= 15 is 0 Å². The first kappa shape index (κ1) is 26.3. The third-order valence-electron chi connectivity index (χ3n) is 7.19. The summed E-state index contributed by atoms with van der Waals surface area (Å²) in [6, 6.07) is 6.89. The van der Waals surface area contributed by atoms with E-state index in [-0.39, 0.29) is 40.9 Å². The normalized spacial score (nSPS) is 21.0. The highest BCUT2D eigenvalue weighted by Crippen LogP contribution is 2.39. The molecule has 0 aliphatic heterocycles. The van der Waals surface area contributed by atoms with Gasteiger partial charge in [0, 0.05) is 30.4 Å². The number of nitrogens with two attached hydrogens (primary N) is 1. The molecule has 3 aromatic heterocycles. The highest BCUT2D eigenvalue weighted by molar-refractivity contribution is 5.68. The summed E-state index contributed by atoms with van der Waals surface area (Å²) in [7, 11) is 2.67. The van der Waals surface area contributed by atoms with Crippen LogP contribution in [0.25, 0.3) is 16.8 Å². The second kappa shape index (κ2) is 10.8. The maximum absolute atomic E-state index is 14.7. The topological polar surface area (TPSA) is 129 Å². The number of rotatable bonds is 6. The van der Waals surface area contributed by atoms with Crippen LogP contribution in [0, 0.1) is 17.6 Å². The van der Waals surface area contributed by atoms with Gasteiger partial charge in [-0.15, -0.1) is 0 Å². The highest BCUT2D eigenvalue weighted by atomic mass is 19.1. The molecule has 0 saturated heterocycles. The van der Waals surface area contributed by atoms with E-state index in [1.54, 1.807) is 24.7 Å². The van der Waals surface area contributed by atoms with Gasteiger partial charge in [-0.2, -0.15) is 9.61 Å². The van der Waals surface area contributed by atoms with Gasteiger partial charge in [0.2, 0.25) is 5.95 Å². The summed E-state index contributed by atoms with van der Waals surface area (Å²) in [5.74, 6) is -0.948. The predicted octanol–water partition coefficient (Wildman–Crippen LogP) is 4.39. The summed E-state index contributed by atoms with van der Waals surface area (Å²) in [6.07, 6.45) is 5.93. The number of benzene rings is 1. The first-order valence-corrected chi connectivity index (χ1v) is 12.5.